The topological polar surface area (TPSA) is 54.5 Å². The first-order chi connectivity index (χ1) is 6.25. The molecule has 0 saturated carbocycles. The molecule has 4 nitrogen and oxygen atoms in total. The standard InChI is InChI=1S/C9H10N4/c1-6-3-7(2)11-8(4-6)9-5-10-13-12-9/h3-5H,1-2H3,(H,10,12,13). The van der Waals surface area contributed by atoms with E-state index in [0.29, 0.717) is 0 Å². The van der Waals surface area contributed by atoms with Gasteiger partial charge in [-0.1, -0.05) is 0 Å². The van der Waals surface area contributed by atoms with E-state index in [9.17, 15) is 0 Å². The lowest BCUT2D eigenvalue weighted by Crippen LogP contribution is -1.88. The van der Waals surface area contributed by atoms with Gasteiger partial charge in [-0.15, -0.1) is 0 Å². The molecule has 0 aromatic carbocycles. The van der Waals surface area contributed by atoms with Crippen LogP contribution in [-0.2, 0) is 0 Å². The van der Waals surface area contributed by atoms with Crippen molar-refractivity contribution in [3.63, 3.8) is 0 Å². The Morgan fingerprint density at radius 2 is 2.00 bits per heavy atom. The Morgan fingerprint density at radius 1 is 1.15 bits per heavy atom. The molecule has 0 aliphatic heterocycles. The number of aryl methyl sites for hydroxylation is 2. The van der Waals surface area contributed by atoms with Gasteiger partial charge in [0.05, 0.1) is 11.9 Å². The van der Waals surface area contributed by atoms with Gasteiger partial charge in [-0.2, -0.15) is 15.4 Å². The third kappa shape index (κ3) is 1.56. The smallest absolute Gasteiger partial charge is 0.131 e. The van der Waals surface area contributed by atoms with Crippen molar-refractivity contribution in [1.82, 2.24) is 20.4 Å². The average molecular weight is 174 g/mol. The Kier molecular flexibility index (Phi) is 1.81. The fraction of sp³-hybridized carbons (Fsp3) is 0.222. The van der Waals surface area contributed by atoms with Crippen molar-refractivity contribution in [3.8, 4) is 11.4 Å². The minimum atomic E-state index is 0.784. The van der Waals surface area contributed by atoms with E-state index in [0.717, 1.165) is 17.1 Å². The van der Waals surface area contributed by atoms with Crippen LogP contribution in [0.1, 0.15) is 11.3 Å². The van der Waals surface area contributed by atoms with Crippen molar-refractivity contribution >= 4 is 0 Å². The quantitative estimate of drug-likeness (QED) is 0.712. The molecule has 66 valence electrons. The summed E-state index contributed by atoms with van der Waals surface area (Å²) in [6.07, 6.45) is 1.67. The molecule has 0 unspecified atom stereocenters. The van der Waals surface area contributed by atoms with E-state index < -0.39 is 0 Å². The van der Waals surface area contributed by atoms with Gasteiger partial charge in [0.15, 0.2) is 0 Å². The normalized spacial score (nSPS) is 10.3. The summed E-state index contributed by atoms with van der Waals surface area (Å²) in [6, 6.07) is 4.02. The second-order valence-electron chi connectivity index (χ2n) is 3.03. The Balaban J connectivity index is 2.53. The summed E-state index contributed by atoms with van der Waals surface area (Å²) in [7, 11) is 0. The van der Waals surface area contributed by atoms with Gasteiger partial charge in [0.25, 0.3) is 0 Å². The molecular formula is C9H10N4. The number of nitrogens with zero attached hydrogens (tertiary/aromatic N) is 3. The van der Waals surface area contributed by atoms with E-state index in [4.69, 9.17) is 0 Å². The second-order valence-corrected chi connectivity index (χ2v) is 3.03. The SMILES string of the molecule is Cc1cc(C)nc(-c2cn[nH]n2)c1. The van der Waals surface area contributed by atoms with Gasteiger partial charge in [0, 0.05) is 5.69 Å². The molecule has 0 saturated heterocycles. The molecule has 0 atom stereocenters. The molecule has 13 heavy (non-hydrogen) atoms. The Hall–Kier alpha value is -1.71. The summed E-state index contributed by atoms with van der Waals surface area (Å²) in [6.45, 7) is 4.01. The number of hydrogen-bond donors (Lipinski definition) is 1. The molecule has 0 spiro atoms. The van der Waals surface area contributed by atoms with Crippen molar-refractivity contribution < 1.29 is 0 Å². The summed E-state index contributed by atoms with van der Waals surface area (Å²) in [4.78, 5) is 4.35. The van der Waals surface area contributed by atoms with Gasteiger partial charge in [-0.05, 0) is 31.5 Å². The molecule has 0 aliphatic rings. The molecule has 2 rings (SSSR count). The fourth-order valence-electron chi connectivity index (χ4n) is 1.30. The molecule has 0 aliphatic carbocycles. The molecule has 0 fully saturated rings. The predicted molar refractivity (Wildman–Crippen MR) is 49.1 cm³/mol. The van der Waals surface area contributed by atoms with Crippen LogP contribution >= 0.6 is 0 Å². The lowest BCUT2D eigenvalue weighted by Gasteiger charge is -1.99. The highest BCUT2D eigenvalue weighted by Gasteiger charge is 2.02. The molecule has 0 bridgehead atoms. The highest BCUT2D eigenvalue weighted by atomic mass is 15.3. The Morgan fingerprint density at radius 3 is 2.62 bits per heavy atom. The minimum Gasteiger partial charge on any atom is -0.251 e. The number of H-pyrrole nitrogens is 1. The largest absolute Gasteiger partial charge is 0.251 e. The lowest BCUT2D eigenvalue weighted by atomic mass is 10.2. The number of aromatic nitrogens is 4. The molecule has 2 heterocycles. The first-order valence-electron chi connectivity index (χ1n) is 4.07. The van der Waals surface area contributed by atoms with E-state index in [1.165, 1.54) is 5.56 Å². The maximum Gasteiger partial charge on any atom is 0.131 e. The van der Waals surface area contributed by atoms with Gasteiger partial charge in [0.2, 0.25) is 0 Å². The maximum atomic E-state index is 4.35. The molecular weight excluding hydrogens is 164 g/mol. The number of rotatable bonds is 1. The Bertz CT molecular complexity index is 385. The van der Waals surface area contributed by atoms with Crippen molar-refractivity contribution in [3.05, 3.63) is 29.6 Å². The highest BCUT2D eigenvalue weighted by Crippen LogP contribution is 2.14. The number of hydrogen-bond acceptors (Lipinski definition) is 3. The predicted octanol–water partition coefficient (Wildman–Crippen LogP) is 1.48. The van der Waals surface area contributed by atoms with Crippen molar-refractivity contribution in [2.24, 2.45) is 0 Å². The zero-order chi connectivity index (χ0) is 9.26. The molecule has 0 amide bonds. The van der Waals surface area contributed by atoms with Crippen molar-refractivity contribution in [2.75, 3.05) is 0 Å². The summed E-state index contributed by atoms with van der Waals surface area (Å²) >= 11 is 0. The third-order valence-electron chi connectivity index (χ3n) is 1.78. The summed E-state index contributed by atoms with van der Waals surface area (Å²) in [5, 5.41) is 10.3. The van der Waals surface area contributed by atoms with Crippen LogP contribution in [0.15, 0.2) is 18.3 Å². The van der Waals surface area contributed by atoms with Crippen LogP contribution in [0.3, 0.4) is 0 Å². The van der Waals surface area contributed by atoms with E-state index in [1.54, 1.807) is 6.20 Å². The second kappa shape index (κ2) is 2.97. The van der Waals surface area contributed by atoms with Gasteiger partial charge >= 0.3 is 0 Å². The Labute approximate surface area is 76.0 Å². The molecule has 2 aromatic rings. The number of nitrogens with one attached hydrogen (secondary N) is 1. The van der Waals surface area contributed by atoms with Crippen LogP contribution < -0.4 is 0 Å². The number of aromatic amines is 1. The van der Waals surface area contributed by atoms with Crippen molar-refractivity contribution in [2.45, 2.75) is 13.8 Å². The molecule has 4 heteroatoms. The van der Waals surface area contributed by atoms with Crippen LogP contribution in [-0.4, -0.2) is 20.4 Å². The molecule has 0 radical (unpaired) electrons. The van der Waals surface area contributed by atoms with Gasteiger partial charge in [-0.25, -0.2) is 0 Å². The fourth-order valence-corrected chi connectivity index (χ4v) is 1.30. The molecule has 2 aromatic heterocycles. The zero-order valence-electron chi connectivity index (χ0n) is 7.57. The average Bonchev–Trinajstić information content (AvgIpc) is 2.53. The van der Waals surface area contributed by atoms with Crippen LogP contribution in [0.5, 0.6) is 0 Å². The highest BCUT2D eigenvalue weighted by molar-refractivity contribution is 5.53. The molecule has 1 N–H and O–H groups in total. The zero-order valence-corrected chi connectivity index (χ0v) is 7.57. The van der Waals surface area contributed by atoms with E-state index >= 15 is 0 Å². The van der Waals surface area contributed by atoms with Crippen LogP contribution in [0.4, 0.5) is 0 Å². The van der Waals surface area contributed by atoms with Crippen molar-refractivity contribution in [1.29, 1.82) is 0 Å². The summed E-state index contributed by atoms with van der Waals surface area (Å²) in [5.74, 6) is 0. The monoisotopic (exact) mass is 174 g/mol. The third-order valence-corrected chi connectivity index (χ3v) is 1.78. The minimum absolute atomic E-state index is 0.784. The lowest BCUT2D eigenvalue weighted by molar-refractivity contribution is 0.940. The van der Waals surface area contributed by atoms with E-state index in [1.807, 2.05) is 26.0 Å². The first-order valence-corrected chi connectivity index (χ1v) is 4.07. The summed E-state index contributed by atoms with van der Waals surface area (Å²) < 4.78 is 0. The summed E-state index contributed by atoms with van der Waals surface area (Å²) in [5.41, 5.74) is 3.83. The van der Waals surface area contributed by atoms with Crippen LogP contribution in [0.25, 0.3) is 11.4 Å². The maximum absolute atomic E-state index is 4.35. The van der Waals surface area contributed by atoms with E-state index in [2.05, 4.69) is 20.4 Å². The van der Waals surface area contributed by atoms with Gasteiger partial charge < -0.3 is 0 Å². The van der Waals surface area contributed by atoms with Crippen LogP contribution in [0.2, 0.25) is 0 Å². The number of pyridine rings is 1. The van der Waals surface area contributed by atoms with E-state index in [-0.39, 0.29) is 0 Å². The van der Waals surface area contributed by atoms with Crippen LogP contribution in [0, 0.1) is 13.8 Å². The van der Waals surface area contributed by atoms with Gasteiger partial charge in [0.1, 0.15) is 5.69 Å². The first kappa shape index (κ1) is 7.91. The van der Waals surface area contributed by atoms with Gasteiger partial charge in [-0.3, -0.25) is 4.98 Å².